The molecule has 16 heavy (non-hydrogen) atoms. The van der Waals surface area contributed by atoms with E-state index in [1.165, 1.54) is 11.3 Å². The topological polar surface area (TPSA) is 29.1 Å². The van der Waals surface area contributed by atoms with Gasteiger partial charge in [-0.3, -0.25) is 4.79 Å². The highest BCUT2D eigenvalue weighted by Gasteiger charge is 2.48. The number of hydrogen-bond donors (Lipinski definition) is 1. The van der Waals surface area contributed by atoms with E-state index in [1.807, 2.05) is 6.07 Å². The molecule has 2 unspecified atom stereocenters. The van der Waals surface area contributed by atoms with E-state index in [9.17, 15) is 4.79 Å². The molecule has 0 saturated heterocycles. The first-order chi connectivity index (χ1) is 7.74. The maximum atomic E-state index is 12.0. The van der Waals surface area contributed by atoms with E-state index in [2.05, 4.69) is 23.7 Å². The van der Waals surface area contributed by atoms with Gasteiger partial charge in [0.05, 0.1) is 6.04 Å². The van der Waals surface area contributed by atoms with Crippen molar-refractivity contribution < 1.29 is 4.79 Å². The third-order valence-corrected chi connectivity index (χ3v) is 5.00. The molecule has 3 heteroatoms. The first kappa shape index (κ1) is 10.3. The number of nitrogens with one attached hydrogen (secondary N) is 1. The summed E-state index contributed by atoms with van der Waals surface area (Å²) < 4.78 is 0. The Kier molecular flexibility index (Phi) is 2.51. The second-order valence-electron chi connectivity index (χ2n) is 5.17. The van der Waals surface area contributed by atoms with Crippen LogP contribution in [0.25, 0.3) is 0 Å². The van der Waals surface area contributed by atoms with Gasteiger partial charge in [-0.2, -0.15) is 0 Å². The predicted molar refractivity (Wildman–Crippen MR) is 65.2 cm³/mol. The van der Waals surface area contributed by atoms with Gasteiger partial charge < -0.3 is 5.32 Å². The first-order valence-corrected chi connectivity index (χ1v) is 6.96. The fraction of sp³-hybridized carbons (Fsp3) is 0.615. The minimum Gasteiger partial charge on any atom is -0.349 e. The highest BCUT2D eigenvalue weighted by molar-refractivity contribution is 7.10. The molecule has 1 heterocycles. The van der Waals surface area contributed by atoms with Gasteiger partial charge in [-0.1, -0.05) is 6.07 Å². The first-order valence-electron chi connectivity index (χ1n) is 6.08. The van der Waals surface area contributed by atoms with Crippen LogP contribution >= 0.6 is 11.3 Å². The van der Waals surface area contributed by atoms with Crippen LogP contribution in [0.3, 0.4) is 0 Å². The average molecular weight is 235 g/mol. The van der Waals surface area contributed by atoms with Crippen LogP contribution in [0.1, 0.15) is 37.1 Å². The molecule has 2 saturated carbocycles. The number of amides is 1. The zero-order valence-corrected chi connectivity index (χ0v) is 10.3. The molecule has 2 aliphatic rings. The van der Waals surface area contributed by atoms with Crippen molar-refractivity contribution in [3.63, 3.8) is 0 Å². The van der Waals surface area contributed by atoms with Gasteiger partial charge in [0.1, 0.15) is 0 Å². The molecule has 1 aromatic rings. The monoisotopic (exact) mass is 235 g/mol. The Morgan fingerprint density at radius 3 is 2.81 bits per heavy atom. The van der Waals surface area contributed by atoms with Crippen LogP contribution in [-0.4, -0.2) is 5.91 Å². The molecule has 0 aromatic carbocycles. The smallest absolute Gasteiger partial charge is 0.223 e. The molecule has 0 radical (unpaired) electrons. The van der Waals surface area contributed by atoms with Crippen molar-refractivity contribution in [2.75, 3.05) is 0 Å². The summed E-state index contributed by atoms with van der Waals surface area (Å²) in [5.74, 6) is 2.33. The Morgan fingerprint density at radius 2 is 2.19 bits per heavy atom. The van der Waals surface area contributed by atoms with Gasteiger partial charge in [-0.05, 0) is 49.5 Å². The summed E-state index contributed by atoms with van der Waals surface area (Å²) in [4.78, 5) is 13.3. The molecule has 0 spiro atoms. The molecule has 0 aliphatic heterocycles. The molecule has 1 N–H and O–H groups in total. The van der Waals surface area contributed by atoms with Gasteiger partial charge in [0.2, 0.25) is 5.91 Å². The summed E-state index contributed by atoms with van der Waals surface area (Å²) in [6.07, 6.45) is 3.64. The Bertz CT molecular complexity index is 377. The summed E-state index contributed by atoms with van der Waals surface area (Å²) in [5.41, 5.74) is 0. The SMILES string of the molecule is C[C@H](NC(=O)C1CC2CC2C1)c1cccs1. The van der Waals surface area contributed by atoms with Crippen molar-refractivity contribution in [1.82, 2.24) is 5.32 Å². The van der Waals surface area contributed by atoms with Crippen LogP contribution in [0, 0.1) is 17.8 Å². The van der Waals surface area contributed by atoms with E-state index in [1.54, 1.807) is 11.3 Å². The normalized spacial score (nSPS) is 33.2. The predicted octanol–water partition coefficient (Wildman–Crippen LogP) is 2.97. The van der Waals surface area contributed by atoms with Crippen molar-refractivity contribution in [1.29, 1.82) is 0 Å². The van der Waals surface area contributed by atoms with E-state index in [0.29, 0.717) is 5.92 Å². The van der Waals surface area contributed by atoms with Crippen molar-refractivity contribution in [2.45, 2.75) is 32.2 Å². The Balaban J connectivity index is 1.56. The van der Waals surface area contributed by atoms with Crippen LogP contribution < -0.4 is 5.32 Å². The number of thiophene rings is 1. The molecule has 2 fully saturated rings. The van der Waals surface area contributed by atoms with E-state index in [-0.39, 0.29) is 11.9 Å². The van der Waals surface area contributed by atoms with E-state index in [4.69, 9.17) is 0 Å². The fourth-order valence-electron chi connectivity index (χ4n) is 2.87. The van der Waals surface area contributed by atoms with E-state index < -0.39 is 0 Å². The molecule has 1 amide bonds. The number of carbonyl (C=O) groups is 1. The molecule has 3 atom stereocenters. The zero-order chi connectivity index (χ0) is 11.1. The number of rotatable bonds is 3. The minimum absolute atomic E-state index is 0.171. The number of carbonyl (C=O) groups excluding carboxylic acids is 1. The molecule has 3 rings (SSSR count). The largest absolute Gasteiger partial charge is 0.349 e. The lowest BCUT2D eigenvalue weighted by atomic mass is 10.0. The van der Waals surface area contributed by atoms with E-state index in [0.717, 1.165) is 24.7 Å². The van der Waals surface area contributed by atoms with E-state index >= 15 is 0 Å². The minimum atomic E-state index is 0.171. The third kappa shape index (κ3) is 1.88. The lowest BCUT2D eigenvalue weighted by Crippen LogP contribution is -2.31. The Labute approximate surface area is 100 Å². The van der Waals surface area contributed by atoms with Gasteiger partial charge in [-0.25, -0.2) is 0 Å². The number of fused-ring (bicyclic) bond motifs is 1. The van der Waals surface area contributed by atoms with Crippen molar-refractivity contribution in [3.05, 3.63) is 22.4 Å². The molecule has 86 valence electrons. The molecule has 1 aromatic heterocycles. The van der Waals surface area contributed by atoms with Gasteiger partial charge >= 0.3 is 0 Å². The van der Waals surface area contributed by atoms with Gasteiger partial charge in [0.25, 0.3) is 0 Å². The van der Waals surface area contributed by atoms with Gasteiger partial charge in [0, 0.05) is 10.8 Å². The molecular weight excluding hydrogens is 218 g/mol. The number of hydrogen-bond acceptors (Lipinski definition) is 2. The average Bonchev–Trinajstić information content (AvgIpc) is 2.77. The maximum absolute atomic E-state index is 12.0. The quantitative estimate of drug-likeness (QED) is 0.857. The van der Waals surface area contributed by atoms with Crippen molar-refractivity contribution in [2.24, 2.45) is 17.8 Å². The lowest BCUT2D eigenvalue weighted by Gasteiger charge is -2.16. The van der Waals surface area contributed by atoms with Gasteiger partial charge in [-0.15, -0.1) is 11.3 Å². The van der Waals surface area contributed by atoms with Crippen molar-refractivity contribution in [3.8, 4) is 0 Å². The van der Waals surface area contributed by atoms with Crippen LogP contribution in [-0.2, 0) is 4.79 Å². The Hall–Kier alpha value is -0.830. The standard InChI is InChI=1S/C13H17NOS/c1-8(12-3-2-4-16-12)14-13(15)11-6-9-5-10(9)7-11/h2-4,8-11H,5-7H2,1H3,(H,14,15)/t8-,9?,10?,11?/m0/s1. The molecular formula is C13H17NOS. The summed E-state index contributed by atoms with van der Waals surface area (Å²) in [7, 11) is 0. The zero-order valence-electron chi connectivity index (χ0n) is 9.48. The fourth-order valence-corrected chi connectivity index (χ4v) is 3.60. The summed E-state index contributed by atoms with van der Waals surface area (Å²) in [6, 6.07) is 4.29. The maximum Gasteiger partial charge on any atom is 0.223 e. The highest BCUT2D eigenvalue weighted by Crippen LogP contribution is 2.54. The summed E-state index contributed by atoms with van der Waals surface area (Å²) in [5, 5.41) is 5.20. The van der Waals surface area contributed by atoms with Gasteiger partial charge in [0.15, 0.2) is 0 Å². The second-order valence-corrected chi connectivity index (χ2v) is 6.15. The van der Waals surface area contributed by atoms with Crippen LogP contribution in [0.15, 0.2) is 17.5 Å². The summed E-state index contributed by atoms with van der Waals surface area (Å²) in [6.45, 7) is 2.07. The molecule has 0 bridgehead atoms. The van der Waals surface area contributed by atoms with Crippen molar-refractivity contribution >= 4 is 17.2 Å². The molecule has 2 nitrogen and oxygen atoms in total. The lowest BCUT2D eigenvalue weighted by molar-refractivity contribution is -0.125. The second kappa shape index (κ2) is 3.88. The molecule has 2 aliphatic carbocycles. The van der Waals surface area contributed by atoms with Crippen LogP contribution in [0.4, 0.5) is 0 Å². The third-order valence-electron chi connectivity index (χ3n) is 3.94. The Morgan fingerprint density at radius 1 is 1.44 bits per heavy atom. The summed E-state index contributed by atoms with van der Waals surface area (Å²) >= 11 is 1.71. The highest BCUT2D eigenvalue weighted by atomic mass is 32.1. The van der Waals surface area contributed by atoms with Crippen LogP contribution in [0.2, 0.25) is 0 Å². The van der Waals surface area contributed by atoms with Crippen LogP contribution in [0.5, 0.6) is 0 Å².